The Hall–Kier alpha value is -0.380. The summed E-state index contributed by atoms with van der Waals surface area (Å²) in [5.74, 6) is 0. The third-order valence-corrected chi connectivity index (χ3v) is 2.93. The summed E-state index contributed by atoms with van der Waals surface area (Å²) in [6.07, 6.45) is 1.86. The Morgan fingerprint density at radius 3 is 2.27 bits per heavy atom. The maximum absolute atomic E-state index is 6.08. The first kappa shape index (κ1) is 12.7. The zero-order valence-electron chi connectivity index (χ0n) is 9.33. The number of halogens is 1. The van der Waals surface area contributed by atoms with Crippen molar-refractivity contribution in [1.29, 1.82) is 0 Å². The van der Waals surface area contributed by atoms with E-state index in [-0.39, 0.29) is 11.6 Å². The van der Waals surface area contributed by atoms with E-state index in [0.717, 1.165) is 17.3 Å². The molecular weight excluding hydrogens is 252 g/mol. The Labute approximate surface area is 100 Å². The van der Waals surface area contributed by atoms with E-state index in [1.807, 2.05) is 26.0 Å². The van der Waals surface area contributed by atoms with Crippen LogP contribution in [-0.2, 0) is 0 Å². The van der Waals surface area contributed by atoms with Gasteiger partial charge >= 0.3 is 0 Å². The van der Waals surface area contributed by atoms with Crippen molar-refractivity contribution >= 4 is 15.9 Å². The van der Waals surface area contributed by atoms with Crippen LogP contribution in [0.1, 0.15) is 38.3 Å². The van der Waals surface area contributed by atoms with Gasteiger partial charge in [-0.1, -0.05) is 28.1 Å². The van der Waals surface area contributed by atoms with E-state index in [1.165, 1.54) is 5.56 Å². The summed E-state index contributed by atoms with van der Waals surface area (Å²) in [7, 11) is 0. The highest BCUT2D eigenvalue weighted by Gasteiger charge is 2.13. The molecule has 0 aromatic heterocycles. The fourth-order valence-corrected chi connectivity index (χ4v) is 1.67. The molecule has 1 atom stereocenters. The molecule has 84 valence electrons. The standard InChI is InChI=1S/C12H19BrN2/c1-12(2,15)8-7-11(14)9-3-5-10(13)6-4-9/h3-6,11H,7-8,14-15H2,1-2H3. The molecule has 0 aliphatic heterocycles. The van der Waals surface area contributed by atoms with Crippen molar-refractivity contribution in [3.63, 3.8) is 0 Å². The minimum Gasteiger partial charge on any atom is -0.326 e. The fraction of sp³-hybridized carbons (Fsp3) is 0.500. The first-order chi connectivity index (χ1) is 6.88. The maximum atomic E-state index is 6.08. The van der Waals surface area contributed by atoms with E-state index < -0.39 is 0 Å². The summed E-state index contributed by atoms with van der Waals surface area (Å²) in [6, 6.07) is 8.23. The average Bonchev–Trinajstić information content (AvgIpc) is 2.14. The molecule has 0 radical (unpaired) electrons. The van der Waals surface area contributed by atoms with Crippen molar-refractivity contribution in [2.45, 2.75) is 38.3 Å². The number of rotatable bonds is 4. The van der Waals surface area contributed by atoms with Crippen LogP contribution in [0.15, 0.2) is 28.7 Å². The van der Waals surface area contributed by atoms with E-state index in [0.29, 0.717) is 0 Å². The Bertz CT molecular complexity index is 300. The van der Waals surface area contributed by atoms with Crippen molar-refractivity contribution in [2.75, 3.05) is 0 Å². The molecule has 0 saturated heterocycles. The molecule has 4 N–H and O–H groups in total. The van der Waals surface area contributed by atoms with Gasteiger partial charge in [0.1, 0.15) is 0 Å². The summed E-state index contributed by atoms with van der Waals surface area (Å²) in [4.78, 5) is 0. The van der Waals surface area contributed by atoms with Gasteiger partial charge < -0.3 is 11.5 Å². The molecular formula is C12H19BrN2. The van der Waals surface area contributed by atoms with Gasteiger partial charge in [-0.3, -0.25) is 0 Å². The summed E-state index contributed by atoms with van der Waals surface area (Å²) < 4.78 is 1.08. The van der Waals surface area contributed by atoms with Gasteiger partial charge in [0, 0.05) is 16.1 Å². The molecule has 1 aromatic carbocycles. The minimum atomic E-state index is -0.132. The smallest absolute Gasteiger partial charge is 0.0295 e. The molecule has 0 fully saturated rings. The zero-order valence-corrected chi connectivity index (χ0v) is 10.9. The van der Waals surface area contributed by atoms with Gasteiger partial charge in [-0.2, -0.15) is 0 Å². The lowest BCUT2D eigenvalue weighted by atomic mass is 9.94. The molecule has 1 rings (SSSR count). The van der Waals surface area contributed by atoms with Crippen molar-refractivity contribution in [2.24, 2.45) is 11.5 Å². The topological polar surface area (TPSA) is 52.0 Å². The quantitative estimate of drug-likeness (QED) is 0.884. The lowest BCUT2D eigenvalue weighted by molar-refractivity contribution is 0.433. The van der Waals surface area contributed by atoms with Crippen LogP contribution >= 0.6 is 15.9 Å². The van der Waals surface area contributed by atoms with Crippen molar-refractivity contribution in [3.8, 4) is 0 Å². The molecule has 2 nitrogen and oxygen atoms in total. The van der Waals surface area contributed by atoms with E-state index in [2.05, 4.69) is 28.1 Å². The molecule has 1 aromatic rings. The predicted octanol–water partition coefficient (Wildman–Crippen LogP) is 2.97. The number of hydrogen-bond acceptors (Lipinski definition) is 2. The highest BCUT2D eigenvalue weighted by atomic mass is 79.9. The SMILES string of the molecule is CC(C)(N)CCC(N)c1ccc(Br)cc1. The van der Waals surface area contributed by atoms with Gasteiger partial charge in [0.15, 0.2) is 0 Å². The van der Waals surface area contributed by atoms with Crippen LogP contribution in [0.2, 0.25) is 0 Å². The number of hydrogen-bond donors (Lipinski definition) is 2. The lowest BCUT2D eigenvalue weighted by Crippen LogP contribution is -2.32. The van der Waals surface area contributed by atoms with Gasteiger partial charge in [-0.05, 0) is 44.4 Å². The first-order valence-corrected chi connectivity index (χ1v) is 5.98. The summed E-state index contributed by atoms with van der Waals surface area (Å²) >= 11 is 3.40. The van der Waals surface area contributed by atoms with E-state index in [9.17, 15) is 0 Å². The molecule has 0 spiro atoms. The predicted molar refractivity (Wildman–Crippen MR) is 68.6 cm³/mol. The second-order valence-corrected chi connectivity index (χ2v) is 5.60. The number of benzene rings is 1. The monoisotopic (exact) mass is 270 g/mol. The second-order valence-electron chi connectivity index (χ2n) is 4.69. The van der Waals surface area contributed by atoms with Crippen LogP contribution in [0.3, 0.4) is 0 Å². The van der Waals surface area contributed by atoms with Crippen molar-refractivity contribution in [1.82, 2.24) is 0 Å². The van der Waals surface area contributed by atoms with Gasteiger partial charge in [-0.25, -0.2) is 0 Å². The molecule has 0 bridgehead atoms. The van der Waals surface area contributed by atoms with Crippen LogP contribution in [0.25, 0.3) is 0 Å². The fourth-order valence-electron chi connectivity index (χ4n) is 1.40. The third kappa shape index (κ3) is 4.78. The summed E-state index contributed by atoms with van der Waals surface area (Å²) in [6.45, 7) is 4.06. The highest BCUT2D eigenvalue weighted by Crippen LogP contribution is 2.21. The average molecular weight is 271 g/mol. The van der Waals surface area contributed by atoms with Crippen molar-refractivity contribution in [3.05, 3.63) is 34.3 Å². The molecule has 0 aliphatic rings. The summed E-state index contributed by atoms with van der Waals surface area (Å²) in [5.41, 5.74) is 13.0. The van der Waals surface area contributed by atoms with Crippen molar-refractivity contribution < 1.29 is 0 Å². The Balaban J connectivity index is 2.54. The van der Waals surface area contributed by atoms with Crippen LogP contribution in [0.4, 0.5) is 0 Å². The van der Waals surface area contributed by atoms with Crippen LogP contribution in [0.5, 0.6) is 0 Å². The number of nitrogens with two attached hydrogens (primary N) is 2. The Morgan fingerprint density at radius 1 is 1.27 bits per heavy atom. The molecule has 3 heteroatoms. The molecule has 0 aliphatic carbocycles. The van der Waals surface area contributed by atoms with Gasteiger partial charge in [-0.15, -0.1) is 0 Å². The molecule has 0 heterocycles. The van der Waals surface area contributed by atoms with Gasteiger partial charge in [0.2, 0.25) is 0 Å². The van der Waals surface area contributed by atoms with E-state index in [1.54, 1.807) is 0 Å². The molecule has 0 amide bonds. The van der Waals surface area contributed by atoms with Gasteiger partial charge in [0.25, 0.3) is 0 Å². The van der Waals surface area contributed by atoms with Crippen LogP contribution in [0, 0.1) is 0 Å². The van der Waals surface area contributed by atoms with E-state index in [4.69, 9.17) is 11.5 Å². The van der Waals surface area contributed by atoms with E-state index >= 15 is 0 Å². The van der Waals surface area contributed by atoms with Crippen LogP contribution in [-0.4, -0.2) is 5.54 Å². The lowest BCUT2D eigenvalue weighted by Gasteiger charge is -2.21. The van der Waals surface area contributed by atoms with Crippen LogP contribution < -0.4 is 11.5 Å². The second kappa shape index (κ2) is 5.10. The molecule has 15 heavy (non-hydrogen) atoms. The maximum Gasteiger partial charge on any atom is 0.0295 e. The molecule has 1 unspecified atom stereocenters. The first-order valence-electron chi connectivity index (χ1n) is 5.18. The minimum absolute atomic E-state index is 0.0842. The summed E-state index contributed by atoms with van der Waals surface area (Å²) in [5, 5.41) is 0. The van der Waals surface area contributed by atoms with Gasteiger partial charge in [0.05, 0.1) is 0 Å². The largest absolute Gasteiger partial charge is 0.326 e. The Morgan fingerprint density at radius 2 is 1.80 bits per heavy atom. The third-order valence-electron chi connectivity index (χ3n) is 2.40. The zero-order chi connectivity index (χ0) is 11.5. The Kier molecular flexibility index (Phi) is 4.32. The molecule has 0 saturated carbocycles. The normalized spacial score (nSPS) is 13.9. The highest BCUT2D eigenvalue weighted by molar-refractivity contribution is 9.10.